The highest BCUT2D eigenvalue weighted by Gasteiger charge is 2.18. The van der Waals surface area contributed by atoms with Crippen LogP contribution in [0.2, 0.25) is 0 Å². The molecule has 2 unspecified atom stereocenters. The molecule has 2 atom stereocenters. The minimum Gasteiger partial charge on any atom is -0.316 e. The molecular weight excluding hydrogens is 225 g/mol. The molecule has 0 saturated carbocycles. The summed E-state index contributed by atoms with van der Waals surface area (Å²) in [4.78, 5) is 0. The van der Waals surface area contributed by atoms with Gasteiger partial charge in [0.15, 0.2) is 0 Å². The maximum absolute atomic E-state index is 12.9. The molecule has 0 heterocycles. The molecule has 1 N–H and O–H groups in total. The third-order valence-corrected chi connectivity index (χ3v) is 3.76. The Morgan fingerprint density at radius 3 is 2.33 bits per heavy atom. The zero-order valence-corrected chi connectivity index (χ0v) is 11.9. The highest BCUT2D eigenvalue weighted by Crippen LogP contribution is 2.20. The smallest absolute Gasteiger partial charge is 0.123 e. The molecule has 0 fully saturated rings. The molecule has 1 aromatic carbocycles. The van der Waals surface area contributed by atoms with Gasteiger partial charge >= 0.3 is 0 Å². The van der Waals surface area contributed by atoms with E-state index in [1.165, 1.54) is 31.2 Å². The van der Waals surface area contributed by atoms with Crippen LogP contribution in [0.1, 0.15) is 45.1 Å². The fourth-order valence-corrected chi connectivity index (χ4v) is 2.53. The summed E-state index contributed by atoms with van der Waals surface area (Å²) >= 11 is 0. The summed E-state index contributed by atoms with van der Waals surface area (Å²) in [6, 6.07) is 7.38. The molecule has 0 amide bonds. The first-order valence-electron chi connectivity index (χ1n) is 7.12. The second-order valence-corrected chi connectivity index (χ2v) is 5.04. The third kappa shape index (κ3) is 4.77. The number of benzene rings is 1. The molecule has 0 saturated heterocycles. The predicted octanol–water partition coefficient (Wildman–Crippen LogP) is 4.17. The van der Waals surface area contributed by atoms with Gasteiger partial charge in [-0.25, -0.2) is 4.39 Å². The van der Waals surface area contributed by atoms with Crippen molar-refractivity contribution in [3.63, 3.8) is 0 Å². The van der Waals surface area contributed by atoms with Crippen LogP contribution in [0.15, 0.2) is 24.3 Å². The number of nitrogens with one attached hydrogen (secondary N) is 1. The first-order valence-corrected chi connectivity index (χ1v) is 7.12. The van der Waals surface area contributed by atoms with Crippen LogP contribution < -0.4 is 5.32 Å². The van der Waals surface area contributed by atoms with E-state index in [0.717, 1.165) is 6.42 Å². The van der Waals surface area contributed by atoms with E-state index in [1.54, 1.807) is 12.1 Å². The molecule has 1 nitrogen and oxygen atoms in total. The molecule has 1 aromatic rings. The van der Waals surface area contributed by atoms with E-state index in [1.807, 2.05) is 19.2 Å². The lowest BCUT2D eigenvalue weighted by atomic mass is 9.87. The Balaban J connectivity index is 2.61. The zero-order valence-electron chi connectivity index (χ0n) is 11.9. The molecule has 0 aliphatic rings. The Morgan fingerprint density at radius 1 is 1.17 bits per heavy atom. The van der Waals surface area contributed by atoms with Crippen LogP contribution in [-0.4, -0.2) is 13.1 Å². The van der Waals surface area contributed by atoms with E-state index < -0.39 is 0 Å². The minimum atomic E-state index is -0.155. The van der Waals surface area contributed by atoms with Crippen molar-refractivity contribution >= 4 is 0 Å². The second-order valence-electron chi connectivity index (χ2n) is 5.04. The van der Waals surface area contributed by atoms with Crippen molar-refractivity contribution in [2.24, 2.45) is 5.92 Å². The van der Waals surface area contributed by atoms with Crippen LogP contribution in [-0.2, 0) is 6.42 Å². The molecule has 102 valence electrons. The van der Waals surface area contributed by atoms with Gasteiger partial charge in [0.25, 0.3) is 0 Å². The van der Waals surface area contributed by atoms with Gasteiger partial charge in [0, 0.05) is 6.04 Å². The first-order chi connectivity index (χ1) is 8.71. The lowest BCUT2D eigenvalue weighted by molar-refractivity contribution is 0.330. The molecule has 0 radical (unpaired) electrons. The normalized spacial score (nSPS) is 14.4. The van der Waals surface area contributed by atoms with Crippen LogP contribution >= 0.6 is 0 Å². The van der Waals surface area contributed by atoms with Crippen LogP contribution in [0.4, 0.5) is 4.39 Å². The van der Waals surface area contributed by atoms with Gasteiger partial charge in [0.2, 0.25) is 0 Å². The van der Waals surface area contributed by atoms with Crippen LogP contribution in [0.25, 0.3) is 0 Å². The van der Waals surface area contributed by atoms with Gasteiger partial charge in [-0.15, -0.1) is 0 Å². The maximum Gasteiger partial charge on any atom is 0.123 e. The van der Waals surface area contributed by atoms with Crippen molar-refractivity contribution in [2.75, 3.05) is 7.05 Å². The largest absolute Gasteiger partial charge is 0.316 e. The molecule has 0 aliphatic heterocycles. The SMILES string of the molecule is CCCCC(CC)C(Cc1ccc(F)cc1)NC. The van der Waals surface area contributed by atoms with Gasteiger partial charge in [-0.2, -0.15) is 0 Å². The van der Waals surface area contributed by atoms with Crippen molar-refractivity contribution in [3.05, 3.63) is 35.6 Å². The minimum absolute atomic E-state index is 0.155. The van der Waals surface area contributed by atoms with Crippen LogP contribution in [0.3, 0.4) is 0 Å². The van der Waals surface area contributed by atoms with E-state index in [9.17, 15) is 4.39 Å². The first kappa shape index (κ1) is 15.2. The van der Waals surface area contributed by atoms with Gasteiger partial charge in [-0.1, -0.05) is 45.2 Å². The monoisotopic (exact) mass is 251 g/mol. The van der Waals surface area contributed by atoms with Crippen LogP contribution in [0, 0.1) is 11.7 Å². The Hall–Kier alpha value is -0.890. The summed E-state index contributed by atoms with van der Waals surface area (Å²) in [6.45, 7) is 4.50. The lowest BCUT2D eigenvalue weighted by Gasteiger charge is -2.26. The average Bonchev–Trinajstić information content (AvgIpc) is 2.40. The zero-order chi connectivity index (χ0) is 13.4. The number of unbranched alkanes of at least 4 members (excludes halogenated alkanes) is 1. The summed E-state index contributed by atoms with van der Waals surface area (Å²) in [5.41, 5.74) is 1.21. The fourth-order valence-electron chi connectivity index (χ4n) is 2.53. The van der Waals surface area contributed by atoms with Crippen molar-refractivity contribution in [3.8, 4) is 0 Å². The number of likely N-dealkylation sites (N-methyl/N-ethyl adjacent to an activating group) is 1. The summed E-state index contributed by atoms with van der Waals surface area (Å²) in [7, 11) is 2.03. The lowest BCUT2D eigenvalue weighted by Crippen LogP contribution is -2.35. The molecule has 0 aromatic heterocycles. The summed E-state index contributed by atoms with van der Waals surface area (Å²) in [6.07, 6.45) is 6.01. The van der Waals surface area contributed by atoms with E-state index in [4.69, 9.17) is 0 Å². The number of halogens is 1. The van der Waals surface area contributed by atoms with Gasteiger partial charge in [-0.05, 0) is 43.5 Å². The molecular formula is C16H26FN. The van der Waals surface area contributed by atoms with Crippen molar-refractivity contribution in [1.29, 1.82) is 0 Å². The Labute approximate surface area is 111 Å². The van der Waals surface area contributed by atoms with Crippen molar-refractivity contribution in [2.45, 2.75) is 52.0 Å². The van der Waals surface area contributed by atoms with Gasteiger partial charge in [0.1, 0.15) is 5.82 Å². The number of hydrogen-bond acceptors (Lipinski definition) is 1. The van der Waals surface area contributed by atoms with Gasteiger partial charge < -0.3 is 5.32 Å². The number of rotatable bonds is 8. The van der Waals surface area contributed by atoms with E-state index >= 15 is 0 Å². The average molecular weight is 251 g/mol. The predicted molar refractivity (Wildman–Crippen MR) is 76.3 cm³/mol. The van der Waals surface area contributed by atoms with E-state index in [0.29, 0.717) is 12.0 Å². The van der Waals surface area contributed by atoms with Crippen LogP contribution in [0.5, 0.6) is 0 Å². The topological polar surface area (TPSA) is 12.0 Å². The quantitative estimate of drug-likeness (QED) is 0.731. The van der Waals surface area contributed by atoms with Gasteiger partial charge in [-0.3, -0.25) is 0 Å². The van der Waals surface area contributed by atoms with Crippen molar-refractivity contribution < 1.29 is 4.39 Å². The maximum atomic E-state index is 12.9. The highest BCUT2D eigenvalue weighted by molar-refractivity contribution is 5.17. The Morgan fingerprint density at radius 2 is 1.83 bits per heavy atom. The Kier molecular flexibility index (Phi) is 6.96. The van der Waals surface area contributed by atoms with E-state index in [2.05, 4.69) is 19.2 Å². The third-order valence-electron chi connectivity index (χ3n) is 3.76. The van der Waals surface area contributed by atoms with E-state index in [-0.39, 0.29) is 5.82 Å². The molecule has 0 spiro atoms. The molecule has 1 rings (SSSR count). The Bertz CT molecular complexity index is 320. The number of hydrogen-bond donors (Lipinski definition) is 1. The summed E-state index contributed by atoms with van der Waals surface area (Å²) in [5.74, 6) is 0.554. The highest BCUT2D eigenvalue weighted by atomic mass is 19.1. The summed E-state index contributed by atoms with van der Waals surface area (Å²) in [5, 5.41) is 3.43. The fraction of sp³-hybridized carbons (Fsp3) is 0.625. The molecule has 18 heavy (non-hydrogen) atoms. The standard InChI is InChI=1S/C16H26FN/c1-4-6-7-14(5-2)16(18-3)12-13-8-10-15(17)11-9-13/h8-11,14,16,18H,4-7,12H2,1-3H3. The molecule has 2 heteroatoms. The molecule has 0 aliphatic carbocycles. The summed E-state index contributed by atoms with van der Waals surface area (Å²) < 4.78 is 12.9. The van der Waals surface area contributed by atoms with Crippen molar-refractivity contribution in [1.82, 2.24) is 5.32 Å². The molecule has 0 bridgehead atoms. The van der Waals surface area contributed by atoms with Gasteiger partial charge in [0.05, 0.1) is 0 Å². The second kappa shape index (κ2) is 8.25.